The van der Waals surface area contributed by atoms with E-state index in [-0.39, 0.29) is 0 Å². The molecule has 0 atom stereocenters. The van der Waals surface area contributed by atoms with Crippen molar-refractivity contribution in [2.24, 2.45) is 0 Å². The van der Waals surface area contributed by atoms with Crippen LogP contribution in [0.4, 0.5) is 0 Å². The van der Waals surface area contributed by atoms with Crippen molar-refractivity contribution in [2.75, 3.05) is 0 Å². The Labute approximate surface area is 72.7 Å². The molecule has 3 heteroatoms. The quantitative estimate of drug-likeness (QED) is 0.514. The summed E-state index contributed by atoms with van der Waals surface area (Å²) >= 11 is 0. The number of hydrogen-bond donors (Lipinski definition) is 1. The lowest BCUT2D eigenvalue weighted by Crippen LogP contribution is -2.32. The second-order valence-corrected chi connectivity index (χ2v) is 3.08. The highest BCUT2D eigenvalue weighted by Crippen LogP contribution is 2.17. The molecule has 1 aliphatic rings. The minimum atomic E-state index is -0.402. The molecule has 1 N–H and O–H groups in total. The summed E-state index contributed by atoms with van der Waals surface area (Å²) in [7, 11) is 0. The first kappa shape index (κ1) is 9.26. The summed E-state index contributed by atoms with van der Waals surface area (Å²) in [6.45, 7) is 3.31. The van der Waals surface area contributed by atoms with E-state index in [0.29, 0.717) is 6.04 Å². The van der Waals surface area contributed by atoms with Crippen LogP contribution >= 0.6 is 0 Å². The van der Waals surface area contributed by atoms with Gasteiger partial charge in [-0.3, -0.25) is 0 Å². The van der Waals surface area contributed by atoms with Gasteiger partial charge in [0.1, 0.15) is 0 Å². The van der Waals surface area contributed by atoms with Crippen molar-refractivity contribution in [2.45, 2.75) is 38.1 Å². The fourth-order valence-electron chi connectivity index (χ4n) is 1.40. The minimum Gasteiger partial charge on any atom is -0.367 e. The molecule has 1 saturated carbocycles. The van der Waals surface area contributed by atoms with Gasteiger partial charge in [-0.15, -0.1) is 5.48 Å². The Hall–Kier alpha value is -0.830. The molecule has 0 radical (unpaired) electrons. The summed E-state index contributed by atoms with van der Waals surface area (Å²) in [4.78, 5) is 15.4. The molecule has 1 fully saturated rings. The maximum absolute atomic E-state index is 10.7. The lowest BCUT2D eigenvalue weighted by Gasteiger charge is -2.21. The smallest absolute Gasteiger partial charge is 0.348 e. The van der Waals surface area contributed by atoms with E-state index in [2.05, 4.69) is 12.1 Å². The summed E-state index contributed by atoms with van der Waals surface area (Å²) in [5.74, 6) is -0.402. The zero-order valence-corrected chi connectivity index (χ0v) is 7.21. The maximum Gasteiger partial charge on any atom is 0.348 e. The molecule has 0 aromatic rings. The lowest BCUT2D eigenvalue weighted by atomic mass is 9.96. The van der Waals surface area contributed by atoms with Gasteiger partial charge >= 0.3 is 5.97 Å². The normalized spacial score (nSPS) is 18.7. The van der Waals surface area contributed by atoms with Crippen molar-refractivity contribution < 1.29 is 9.63 Å². The molecule has 0 amide bonds. The van der Waals surface area contributed by atoms with Crippen LogP contribution in [-0.4, -0.2) is 12.0 Å². The van der Waals surface area contributed by atoms with E-state index in [4.69, 9.17) is 4.84 Å². The predicted molar refractivity (Wildman–Crippen MR) is 46.3 cm³/mol. The molecule has 0 saturated heterocycles. The van der Waals surface area contributed by atoms with E-state index in [9.17, 15) is 4.79 Å². The van der Waals surface area contributed by atoms with E-state index in [1.165, 1.54) is 19.3 Å². The molecule has 0 spiro atoms. The summed E-state index contributed by atoms with van der Waals surface area (Å²) in [6, 6.07) is 0.350. The number of carbonyl (C=O) groups excluding carboxylic acids is 1. The third kappa shape index (κ3) is 3.05. The molecule has 0 aliphatic heterocycles. The number of rotatable bonds is 3. The van der Waals surface area contributed by atoms with Gasteiger partial charge in [-0.25, -0.2) is 4.79 Å². The van der Waals surface area contributed by atoms with Gasteiger partial charge < -0.3 is 4.84 Å². The number of carbonyl (C=O) groups is 1. The highest BCUT2D eigenvalue weighted by atomic mass is 16.7. The van der Waals surface area contributed by atoms with Crippen molar-refractivity contribution in [3.05, 3.63) is 12.7 Å². The van der Waals surface area contributed by atoms with Crippen molar-refractivity contribution >= 4 is 5.97 Å². The molecule has 0 heterocycles. The standard InChI is InChI=1S/C9H15NO2/c1-2-9(11)12-10-8-6-4-3-5-7-8/h2,8,10H,1,3-7H2. The minimum absolute atomic E-state index is 0.350. The Morgan fingerprint density at radius 3 is 2.67 bits per heavy atom. The third-order valence-electron chi connectivity index (χ3n) is 2.10. The maximum atomic E-state index is 10.7. The van der Waals surface area contributed by atoms with Gasteiger partial charge in [0.15, 0.2) is 0 Å². The molecule has 0 aromatic heterocycles. The van der Waals surface area contributed by atoms with Gasteiger partial charge in [-0.1, -0.05) is 25.8 Å². The van der Waals surface area contributed by atoms with Crippen molar-refractivity contribution in [1.29, 1.82) is 0 Å². The van der Waals surface area contributed by atoms with Crippen LogP contribution in [0.1, 0.15) is 32.1 Å². The zero-order chi connectivity index (χ0) is 8.81. The van der Waals surface area contributed by atoms with Crippen LogP contribution in [0.15, 0.2) is 12.7 Å². The van der Waals surface area contributed by atoms with Crippen molar-refractivity contribution in [3.63, 3.8) is 0 Å². The zero-order valence-electron chi connectivity index (χ0n) is 7.21. The third-order valence-corrected chi connectivity index (χ3v) is 2.10. The van der Waals surface area contributed by atoms with Crippen molar-refractivity contribution in [1.82, 2.24) is 5.48 Å². The highest BCUT2D eigenvalue weighted by Gasteiger charge is 2.13. The van der Waals surface area contributed by atoms with Crippen molar-refractivity contribution in [3.8, 4) is 0 Å². The monoisotopic (exact) mass is 169 g/mol. The second kappa shape index (κ2) is 4.93. The molecule has 0 unspecified atom stereocenters. The molecule has 0 aromatic carbocycles. The highest BCUT2D eigenvalue weighted by molar-refractivity contribution is 5.80. The molecule has 1 aliphatic carbocycles. The van der Waals surface area contributed by atoms with Gasteiger partial charge in [0, 0.05) is 12.1 Å². The summed E-state index contributed by atoms with van der Waals surface area (Å²) in [6.07, 6.45) is 7.12. The van der Waals surface area contributed by atoms with E-state index in [1.807, 2.05) is 0 Å². The lowest BCUT2D eigenvalue weighted by molar-refractivity contribution is -0.147. The predicted octanol–water partition coefficient (Wildman–Crippen LogP) is 1.55. The fourth-order valence-corrected chi connectivity index (χ4v) is 1.40. The van der Waals surface area contributed by atoms with Crippen LogP contribution < -0.4 is 5.48 Å². The Morgan fingerprint density at radius 2 is 2.08 bits per heavy atom. The van der Waals surface area contributed by atoms with E-state index in [0.717, 1.165) is 18.9 Å². The van der Waals surface area contributed by atoms with Crippen LogP contribution in [0.2, 0.25) is 0 Å². The summed E-state index contributed by atoms with van der Waals surface area (Å²) in [5, 5.41) is 0. The SMILES string of the molecule is C=CC(=O)ONC1CCCCC1. The first-order valence-corrected chi connectivity index (χ1v) is 4.41. The number of nitrogens with one attached hydrogen (secondary N) is 1. The molecule has 12 heavy (non-hydrogen) atoms. The molecule has 68 valence electrons. The number of hydroxylamine groups is 1. The van der Waals surface area contributed by atoms with E-state index < -0.39 is 5.97 Å². The topological polar surface area (TPSA) is 38.3 Å². The van der Waals surface area contributed by atoms with Crippen LogP contribution in [0.5, 0.6) is 0 Å². The molecule has 0 bridgehead atoms. The van der Waals surface area contributed by atoms with E-state index in [1.54, 1.807) is 0 Å². The Balaban J connectivity index is 2.12. The van der Waals surface area contributed by atoms with Crippen LogP contribution in [0.3, 0.4) is 0 Å². The average molecular weight is 169 g/mol. The van der Waals surface area contributed by atoms with Gasteiger partial charge in [0.05, 0.1) is 0 Å². The van der Waals surface area contributed by atoms with Crippen LogP contribution in [-0.2, 0) is 9.63 Å². The average Bonchev–Trinajstić information content (AvgIpc) is 2.16. The molecular weight excluding hydrogens is 154 g/mol. The Kier molecular flexibility index (Phi) is 3.80. The first-order valence-electron chi connectivity index (χ1n) is 4.41. The van der Waals surface area contributed by atoms with Crippen LogP contribution in [0.25, 0.3) is 0 Å². The van der Waals surface area contributed by atoms with Gasteiger partial charge in [-0.2, -0.15) is 0 Å². The Morgan fingerprint density at radius 1 is 1.42 bits per heavy atom. The van der Waals surface area contributed by atoms with Gasteiger partial charge in [0.2, 0.25) is 0 Å². The molecule has 3 nitrogen and oxygen atoms in total. The molecule has 1 rings (SSSR count). The number of hydrogen-bond acceptors (Lipinski definition) is 3. The first-order chi connectivity index (χ1) is 5.83. The van der Waals surface area contributed by atoms with Gasteiger partial charge in [0.25, 0.3) is 0 Å². The van der Waals surface area contributed by atoms with Gasteiger partial charge in [-0.05, 0) is 12.8 Å². The molecular formula is C9H15NO2. The summed E-state index contributed by atoms with van der Waals surface area (Å²) < 4.78 is 0. The summed E-state index contributed by atoms with van der Waals surface area (Å²) in [5.41, 5.74) is 2.75. The largest absolute Gasteiger partial charge is 0.367 e. The Bertz CT molecular complexity index is 162. The second-order valence-electron chi connectivity index (χ2n) is 3.08. The fraction of sp³-hybridized carbons (Fsp3) is 0.667. The van der Waals surface area contributed by atoms with E-state index >= 15 is 0 Å². The van der Waals surface area contributed by atoms with Crippen LogP contribution in [0, 0.1) is 0 Å².